The van der Waals surface area contributed by atoms with E-state index in [4.69, 9.17) is 4.74 Å². The molecule has 3 rings (SSSR count). The van der Waals surface area contributed by atoms with Gasteiger partial charge in [-0.05, 0) is 59.0 Å². The van der Waals surface area contributed by atoms with Gasteiger partial charge in [-0.1, -0.05) is 0 Å². The molecule has 25 heavy (non-hydrogen) atoms. The summed E-state index contributed by atoms with van der Waals surface area (Å²) in [6, 6.07) is 13.4. The predicted molar refractivity (Wildman–Crippen MR) is 88.8 cm³/mol. The number of ketones is 1. The molecule has 0 aliphatic rings. The monoisotopic (exact) mass is 337 g/mol. The maximum Gasteiger partial charge on any atom is 0.251 e. The van der Waals surface area contributed by atoms with E-state index in [-0.39, 0.29) is 18.2 Å². The van der Waals surface area contributed by atoms with Crippen LogP contribution in [-0.2, 0) is 0 Å². The molecule has 0 aliphatic heterocycles. The number of Topliss-reactive ketones (excluding diaryl/α,β-unsaturated/α-hetero) is 1. The first-order valence-corrected chi connectivity index (χ1v) is 7.46. The van der Waals surface area contributed by atoms with Gasteiger partial charge in [-0.25, -0.2) is 4.68 Å². The van der Waals surface area contributed by atoms with Crippen LogP contribution in [0.1, 0.15) is 20.7 Å². The van der Waals surface area contributed by atoms with Gasteiger partial charge in [0.2, 0.25) is 0 Å². The number of benzene rings is 2. The second-order valence-corrected chi connectivity index (χ2v) is 5.14. The molecule has 8 nitrogen and oxygen atoms in total. The lowest BCUT2D eigenvalue weighted by molar-refractivity contribution is 0.0904. The number of hydrogen-bond acceptors (Lipinski definition) is 6. The predicted octanol–water partition coefficient (Wildman–Crippen LogP) is 1.28. The molecular formula is C17H15N5O3. The molecule has 0 spiro atoms. The van der Waals surface area contributed by atoms with E-state index in [0.29, 0.717) is 16.9 Å². The number of ether oxygens (including phenoxy) is 1. The molecule has 0 saturated carbocycles. The fourth-order valence-corrected chi connectivity index (χ4v) is 2.19. The van der Waals surface area contributed by atoms with E-state index in [1.807, 2.05) is 0 Å². The Bertz CT molecular complexity index is 858. The van der Waals surface area contributed by atoms with E-state index in [1.165, 1.54) is 11.0 Å². The fraction of sp³-hybridized carbons (Fsp3) is 0.118. The Morgan fingerprint density at radius 2 is 1.72 bits per heavy atom. The van der Waals surface area contributed by atoms with E-state index in [1.54, 1.807) is 55.6 Å². The number of aromatic nitrogens is 4. The number of hydrogen-bond donors (Lipinski definition) is 1. The van der Waals surface area contributed by atoms with E-state index in [2.05, 4.69) is 20.8 Å². The molecule has 126 valence electrons. The average Bonchev–Trinajstić information content (AvgIpc) is 3.21. The number of nitrogens with one attached hydrogen (secondary N) is 1. The Labute approximate surface area is 143 Å². The number of carbonyl (C=O) groups excluding carboxylic acids is 2. The van der Waals surface area contributed by atoms with Crippen molar-refractivity contribution in [3.8, 4) is 11.4 Å². The summed E-state index contributed by atoms with van der Waals surface area (Å²) in [7, 11) is 1.56. The van der Waals surface area contributed by atoms with Gasteiger partial charge in [0.05, 0.1) is 19.3 Å². The quantitative estimate of drug-likeness (QED) is 0.680. The zero-order valence-electron chi connectivity index (χ0n) is 13.4. The Hall–Kier alpha value is -3.55. The molecule has 0 aliphatic carbocycles. The van der Waals surface area contributed by atoms with Gasteiger partial charge in [0.15, 0.2) is 5.78 Å². The van der Waals surface area contributed by atoms with Gasteiger partial charge in [0.1, 0.15) is 12.1 Å². The Morgan fingerprint density at radius 1 is 1.04 bits per heavy atom. The molecular weight excluding hydrogens is 322 g/mol. The van der Waals surface area contributed by atoms with E-state index < -0.39 is 0 Å². The smallest absolute Gasteiger partial charge is 0.251 e. The molecule has 0 radical (unpaired) electrons. The summed E-state index contributed by atoms with van der Waals surface area (Å²) in [5, 5.41) is 13.5. The molecule has 0 fully saturated rings. The summed E-state index contributed by atoms with van der Waals surface area (Å²) in [5.74, 6) is 0.162. The summed E-state index contributed by atoms with van der Waals surface area (Å²) in [6.45, 7) is -0.0834. The van der Waals surface area contributed by atoms with Crippen molar-refractivity contribution in [1.29, 1.82) is 0 Å². The van der Waals surface area contributed by atoms with Gasteiger partial charge in [-0.15, -0.1) is 5.10 Å². The Morgan fingerprint density at radius 3 is 2.32 bits per heavy atom. The molecule has 1 aromatic heterocycles. The minimum atomic E-state index is -0.329. The number of carbonyl (C=O) groups is 2. The van der Waals surface area contributed by atoms with Crippen molar-refractivity contribution in [2.75, 3.05) is 13.7 Å². The largest absolute Gasteiger partial charge is 0.497 e. The fourth-order valence-electron chi connectivity index (χ4n) is 2.19. The highest BCUT2D eigenvalue weighted by Crippen LogP contribution is 2.12. The van der Waals surface area contributed by atoms with Gasteiger partial charge in [0.25, 0.3) is 5.91 Å². The molecule has 1 N–H and O–H groups in total. The highest BCUT2D eigenvalue weighted by atomic mass is 16.5. The SMILES string of the molecule is COc1ccc(C(=O)CNC(=O)c2ccc(-n3cnnn3)cc2)cc1. The van der Waals surface area contributed by atoms with Crippen LogP contribution >= 0.6 is 0 Å². The molecule has 0 bridgehead atoms. The number of tetrazole rings is 1. The van der Waals surface area contributed by atoms with Crippen molar-refractivity contribution in [2.45, 2.75) is 0 Å². The van der Waals surface area contributed by atoms with Crippen molar-refractivity contribution in [3.63, 3.8) is 0 Å². The van der Waals surface area contributed by atoms with E-state index in [0.717, 1.165) is 5.69 Å². The van der Waals surface area contributed by atoms with E-state index >= 15 is 0 Å². The molecule has 1 heterocycles. The summed E-state index contributed by atoms with van der Waals surface area (Å²) in [6.07, 6.45) is 1.46. The standard InChI is InChI=1S/C17H15N5O3/c1-25-15-8-4-12(5-9-15)16(23)10-18-17(24)13-2-6-14(7-3-13)22-11-19-20-21-22/h2-9,11H,10H2,1H3,(H,18,24). The molecule has 8 heteroatoms. The molecule has 0 atom stereocenters. The van der Waals surface area contributed by atoms with Gasteiger partial charge in [-0.3, -0.25) is 9.59 Å². The van der Waals surface area contributed by atoms with Crippen LogP contribution in [0.3, 0.4) is 0 Å². The Kier molecular flexibility index (Phi) is 4.79. The molecule has 0 unspecified atom stereocenters. The van der Waals surface area contributed by atoms with Gasteiger partial charge < -0.3 is 10.1 Å². The van der Waals surface area contributed by atoms with Crippen molar-refractivity contribution in [2.24, 2.45) is 0 Å². The van der Waals surface area contributed by atoms with Crippen molar-refractivity contribution < 1.29 is 14.3 Å². The van der Waals surface area contributed by atoms with Crippen LogP contribution < -0.4 is 10.1 Å². The highest BCUT2D eigenvalue weighted by molar-refractivity contribution is 6.02. The van der Waals surface area contributed by atoms with E-state index in [9.17, 15) is 9.59 Å². The van der Waals surface area contributed by atoms with Gasteiger partial charge in [0, 0.05) is 11.1 Å². The van der Waals surface area contributed by atoms with Gasteiger partial charge >= 0.3 is 0 Å². The summed E-state index contributed by atoms with van der Waals surface area (Å²) >= 11 is 0. The van der Waals surface area contributed by atoms with Crippen LogP contribution in [0.5, 0.6) is 5.75 Å². The second-order valence-electron chi connectivity index (χ2n) is 5.14. The molecule has 3 aromatic rings. The van der Waals surface area contributed by atoms with Crippen LogP contribution in [0.4, 0.5) is 0 Å². The zero-order valence-corrected chi connectivity index (χ0v) is 13.4. The van der Waals surface area contributed by atoms with Crippen LogP contribution in [0.15, 0.2) is 54.9 Å². The number of nitrogens with zero attached hydrogens (tertiary/aromatic N) is 4. The molecule has 0 saturated heterocycles. The number of rotatable bonds is 6. The third-order valence-electron chi connectivity index (χ3n) is 3.56. The normalized spacial score (nSPS) is 10.3. The summed E-state index contributed by atoms with van der Waals surface area (Å²) in [4.78, 5) is 24.3. The maximum absolute atomic E-state index is 12.1. The molecule has 1 amide bonds. The number of methoxy groups -OCH3 is 1. The van der Waals surface area contributed by atoms with Crippen molar-refractivity contribution >= 4 is 11.7 Å². The maximum atomic E-state index is 12.1. The lowest BCUT2D eigenvalue weighted by atomic mass is 10.1. The first kappa shape index (κ1) is 16.3. The van der Waals surface area contributed by atoms with Gasteiger partial charge in [-0.2, -0.15) is 0 Å². The highest BCUT2D eigenvalue weighted by Gasteiger charge is 2.10. The topological polar surface area (TPSA) is 99.0 Å². The lowest BCUT2D eigenvalue weighted by Gasteiger charge is -2.06. The minimum Gasteiger partial charge on any atom is -0.497 e. The number of amides is 1. The third-order valence-corrected chi connectivity index (χ3v) is 3.56. The molecule has 2 aromatic carbocycles. The van der Waals surface area contributed by atoms with Crippen LogP contribution in [0.2, 0.25) is 0 Å². The van der Waals surface area contributed by atoms with Crippen molar-refractivity contribution in [1.82, 2.24) is 25.5 Å². The summed E-state index contributed by atoms with van der Waals surface area (Å²) < 4.78 is 6.53. The zero-order chi connectivity index (χ0) is 17.6. The lowest BCUT2D eigenvalue weighted by Crippen LogP contribution is -2.29. The van der Waals surface area contributed by atoms with Crippen LogP contribution in [0, 0.1) is 0 Å². The third kappa shape index (κ3) is 3.86. The average molecular weight is 337 g/mol. The van der Waals surface area contributed by atoms with Crippen molar-refractivity contribution in [3.05, 3.63) is 66.0 Å². The van der Waals surface area contributed by atoms with Crippen LogP contribution in [-0.4, -0.2) is 45.6 Å². The summed E-state index contributed by atoms with van der Waals surface area (Å²) in [5.41, 5.74) is 1.69. The first-order valence-electron chi connectivity index (χ1n) is 7.46. The van der Waals surface area contributed by atoms with Crippen LogP contribution in [0.25, 0.3) is 5.69 Å². The Balaban J connectivity index is 1.59. The second kappa shape index (κ2) is 7.35. The first-order chi connectivity index (χ1) is 12.2. The minimum absolute atomic E-state index is 0.0834.